The maximum absolute atomic E-state index is 12.3. The minimum Gasteiger partial charge on any atom is -0.505 e. The fourth-order valence-corrected chi connectivity index (χ4v) is 3.30. The van der Waals surface area contributed by atoms with Crippen LogP contribution in [0.2, 0.25) is 5.02 Å². The number of rotatable bonds is 3. The van der Waals surface area contributed by atoms with Crippen LogP contribution in [0.4, 0.5) is 5.69 Å². The van der Waals surface area contributed by atoms with E-state index in [4.69, 9.17) is 16.9 Å². The summed E-state index contributed by atoms with van der Waals surface area (Å²) in [6, 6.07) is 10.4. The van der Waals surface area contributed by atoms with Crippen molar-refractivity contribution in [2.75, 3.05) is 4.72 Å². The second kappa shape index (κ2) is 5.64. The van der Waals surface area contributed by atoms with Gasteiger partial charge in [-0.1, -0.05) is 23.7 Å². The number of hydrogen-bond donors (Lipinski definition) is 2. The third-order valence-electron chi connectivity index (χ3n) is 2.81. The van der Waals surface area contributed by atoms with Gasteiger partial charge in [0.05, 0.1) is 11.3 Å². The lowest BCUT2D eigenvalue weighted by atomic mass is 10.2. The number of phenolic OH excluding ortho intramolecular Hbond substituents is 1. The van der Waals surface area contributed by atoms with Gasteiger partial charge in [-0.3, -0.25) is 4.72 Å². The van der Waals surface area contributed by atoms with Gasteiger partial charge in [-0.2, -0.15) is 5.26 Å². The average molecular weight is 323 g/mol. The summed E-state index contributed by atoms with van der Waals surface area (Å²) in [6.07, 6.45) is 0. The predicted molar refractivity (Wildman–Crippen MR) is 79.8 cm³/mol. The van der Waals surface area contributed by atoms with Crippen LogP contribution < -0.4 is 4.72 Å². The maximum atomic E-state index is 12.3. The topological polar surface area (TPSA) is 90.2 Å². The minimum absolute atomic E-state index is 0.0169. The summed E-state index contributed by atoms with van der Waals surface area (Å²) in [4.78, 5) is -0.162. The van der Waals surface area contributed by atoms with Crippen molar-refractivity contribution in [2.45, 2.75) is 11.8 Å². The van der Waals surface area contributed by atoms with Crippen LogP contribution in [-0.4, -0.2) is 13.5 Å². The summed E-state index contributed by atoms with van der Waals surface area (Å²) in [6.45, 7) is 1.60. The van der Waals surface area contributed by atoms with Gasteiger partial charge in [0.25, 0.3) is 10.0 Å². The highest BCUT2D eigenvalue weighted by molar-refractivity contribution is 7.92. The van der Waals surface area contributed by atoms with E-state index in [0.717, 1.165) is 0 Å². The van der Waals surface area contributed by atoms with Gasteiger partial charge in [0.1, 0.15) is 16.7 Å². The van der Waals surface area contributed by atoms with Gasteiger partial charge < -0.3 is 5.11 Å². The van der Waals surface area contributed by atoms with Gasteiger partial charge in [0.15, 0.2) is 0 Å². The first kappa shape index (κ1) is 15.2. The first-order valence-corrected chi connectivity index (χ1v) is 7.72. The standard InChI is InChI=1S/C14H11ClN2O3S/c1-9-6-11(15)7-12(14(9)18)17-21(19,20)13-5-3-2-4-10(13)8-16/h2-7,17-18H,1H3. The number of nitriles is 1. The molecule has 108 valence electrons. The van der Waals surface area contributed by atoms with Gasteiger partial charge >= 0.3 is 0 Å². The van der Waals surface area contributed by atoms with E-state index in [1.54, 1.807) is 13.0 Å². The molecule has 0 atom stereocenters. The number of nitrogens with one attached hydrogen (secondary N) is 1. The molecule has 0 aliphatic heterocycles. The van der Waals surface area contributed by atoms with Crippen LogP contribution >= 0.6 is 11.6 Å². The molecule has 5 nitrogen and oxygen atoms in total. The first-order valence-electron chi connectivity index (χ1n) is 5.86. The molecule has 0 aliphatic rings. The van der Waals surface area contributed by atoms with Gasteiger partial charge in [-0.25, -0.2) is 8.42 Å². The fraction of sp³-hybridized carbons (Fsp3) is 0.0714. The van der Waals surface area contributed by atoms with Crippen LogP contribution in [0.25, 0.3) is 0 Å². The van der Waals surface area contributed by atoms with Crippen LogP contribution in [0.3, 0.4) is 0 Å². The Balaban J connectivity index is 2.51. The van der Waals surface area contributed by atoms with Crippen LogP contribution in [0.1, 0.15) is 11.1 Å². The smallest absolute Gasteiger partial charge is 0.263 e. The molecular weight excluding hydrogens is 312 g/mol. The van der Waals surface area contributed by atoms with Crippen LogP contribution in [0, 0.1) is 18.3 Å². The quantitative estimate of drug-likeness (QED) is 0.850. The third-order valence-corrected chi connectivity index (χ3v) is 4.45. The highest BCUT2D eigenvalue weighted by atomic mass is 35.5. The maximum Gasteiger partial charge on any atom is 0.263 e. The fourth-order valence-electron chi connectivity index (χ4n) is 1.81. The van der Waals surface area contributed by atoms with Crippen LogP contribution in [0.15, 0.2) is 41.3 Å². The lowest BCUT2D eigenvalue weighted by Crippen LogP contribution is -2.14. The minimum atomic E-state index is -4.00. The largest absolute Gasteiger partial charge is 0.505 e. The molecule has 0 amide bonds. The Labute approximate surface area is 127 Å². The normalized spacial score (nSPS) is 10.9. The lowest BCUT2D eigenvalue weighted by molar-refractivity contribution is 0.473. The highest BCUT2D eigenvalue weighted by Crippen LogP contribution is 2.32. The number of phenols is 1. The molecular formula is C14H11ClN2O3S. The molecule has 0 bridgehead atoms. The Hall–Kier alpha value is -2.23. The number of sulfonamides is 1. The summed E-state index contributed by atoms with van der Waals surface area (Å²) >= 11 is 5.86. The Kier molecular flexibility index (Phi) is 4.07. The zero-order chi connectivity index (χ0) is 15.6. The number of aromatic hydroxyl groups is 1. The van der Waals surface area contributed by atoms with E-state index in [1.807, 2.05) is 6.07 Å². The highest BCUT2D eigenvalue weighted by Gasteiger charge is 2.20. The Morgan fingerprint density at radius 1 is 1.29 bits per heavy atom. The molecule has 0 heterocycles. The van der Waals surface area contributed by atoms with Crippen LogP contribution in [-0.2, 0) is 10.0 Å². The Bertz CT molecular complexity index is 842. The van der Waals surface area contributed by atoms with Gasteiger partial charge in [0.2, 0.25) is 0 Å². The molecule has 21 heavy (non-hydrogen) atoms. The number of aryl methyl sites for hydroxylation is 1. The number of nitrogens with zero attached hydrogens (tertiary/aromatic N) is 1. The summed E-state index contributed by atoms with van der Waals surface area (Å²) < 4.78 is 26.9. The lowest BCUT2D eigenvalue weighted by Gasteiger charge is -2.12. The number of benzene rings is 2. The van der Waals surface area contributed by atoms with Crippen molar-refractivity contribution in [1.82, 2.24) is 0 Å². The summed E-state index contributed by atoms with van der Waals surface area (Å²) in [5, 5.41) is 19.2. The van der Waals surface area contributed by atoms with E-state index >= 15 is 0 Å². The number of halogens is 1. The molecule has 0 spiro atoms. The average Bonchev–Trinajstić information content (AvgIpc) is 2.44. The van der Waals surface area contributed by atoms with Gasteiger partial charge in [-0.15, -0.1) is 0 Å². The van der Waals surface area contributed by atoms with Crippen molar-refractivity contribution in [3.63, 3.8) is 0 Å². The van der Waals surface area contributed by atoms with Crippen molar-refractivity contribution in [3.8, 4) is 11.8 Å². The summed E-state index contributed by atoms with van der Waals surface area (Å²) in [5.41, 5.74) is 0.421. The summed E-state index contributed by atoms with van der Waals surface area (Å²) in [5.74, 6) is -0.211. The molecule has 0 saturated carbocycles. The zero-order valence-electron chi connectivity index (χ0n) is 11.0. The molecule has 0 unspecified atom stereocenters. The van der Waals surface area contributed by atoms with Crippen molar-refractivity contribution < 1.29 is 13.5 Å². The summed E-state index contributed by atoms with van der Waals surface area (Å²) in [7, 11) is -4.00. The second-order valence-electron chi connectivity index (χ2n) is 4.33. The zero-order valence-corrected chi connectivity index (χ0v) is 12.5. The van der Waals surface area contributed by atoms with Crippen LogP contribution in [0.5, 0.6) is 5.75 Å². The van der Waals surface area contributed by atoms with Crippen molar-refractivity contribution in [1.29, 1.82) is 5.26 Å². The van der Waals surface area contributed by atoms with E-state index in [-0.39, 0.29) is 26.9 Å². The molecule has 2 aromatic rings. The number of anilines is 1. The third kappa shape index (κ3) is 3.10. The van der Waals surface area contributed by atoms with Crippen molar-refractivity contribution in [2.24, 2.45) is 0 Å². The Morgan fingerprint density at radius 3 is 2.62 bits per heavy atom. The SMILES string of the molecule is Cc1cc(Cl)cc(NS(=O)(=O)c2ccccc2C#N)c1O. The molecule has 0 radical (unpaired) electrons. The molecule has 2 N–H and O–H groups in total. The van der Waals surface area contributed by atoms with E-state index in [1.165, 1.54) is 30.3 Å². The van der Waals surface area contributed by atoms with E-state index < -0.39 is 10.0 Å². The van der Waals surface area contributed by atoms with Crippen molar-refractivity contribution >= 4 is 27.3 Å². The predicted octanol–water partition coefficient (Wildman–Crippen LogP) is 3.03. The first-order chi connectivity index (χ1) is 9.85. The number of hydrogen-bond acceptors (Lipinski definition) is 4. The molecule has 2 rings (SSSR count). The van der Waals surface area contributed by atoms with Gasteiger partial charge in [-0.05, 0) is 36.8 Å². The van der Waals surface area contributed by atoms with E-state index in [9.17, 15) is 13.5 Å². The molecule has 2 aromatic carbocycles. The molecule has 0 aromatic heterocycles. The molecule has 0 saturated heterocycles. The van der Waals surface area contributed by atoms with Gasteiger partial charge in [0, 0.05) is 5.02 Å². The molecule has 0 aliphatic carbocycles. The Morgan fingerprint density at radius 2 is 1.95 bits per heavy atom. The molecule has 7 heteroatoms. The van der Waals surface area contributed by atoms with E-state index in [0.29, 0.717) is 5.56 Å². The van der Waals surface area contributed by atoms with Crippen molar-refractivity contribution in [3.05, 3.63) is 52.5 Å². The second-order valence-corrected chi connectivity index (χ2v) is 6.42. The monoisotopic (exact) mass is 322 g/mol. The molecule has 0 fully saturated rings. The van der Waals surface area contributed by atoms with E-state index in [2.05, 4.69) is 4.72 Å².